The van der Waals surface area contributed by atoms with E-state index in [9.17, 15) is 3.89 Å². The number of fused-ring (bicyclic) bond motifs is 9. The molecule has 9 rings (SSSR count). The first-order valence-corrected chi connectivity index (χ1v) is 14.2. The van der Waals surface area contributed by atoms with Crippen LogP contribution in [0, 0.1) is 0 Å². The maximum atomic E-state index is 13.8. The van der Waals surface area contributed by atoms with Crippen LogP contribution in [-0.4, -0.2) is 4.57 Å². The minimum atomic E-state index is 0.255. The molecule has 0 saturated heterocycles. The molecule has 6 aromatic carbocycles. The lowest BCUT2D eigenvalue weighted by Crippen LogP contribution is -1.94. The molecule has 0 N–H and O–H groups in total. The summed E-state index contributed by atoms with van der Waals surface area (Å²) in [7, 11) is 0. The molecule has 0 amide bonds. The predicted molar refractivity (Wildman–Crippen MR) is 168 cm³/mol. The summed E-state index contributed by atoms with van der Waals surface area (Å²) in [6.45, 7) is 0. The van der Waals surface area contributed by atoms with Crippen LogP contribution in [0.1, 0.15) is 0 Å². The van der Waals surface area contributed by atoms with Crippen LogP contribution in [0.15, 0.2) is 135 Å². The number of nitrogens with zero attached hydrogens (tertiary/aromatic N) is 1. The number of para-hydroxylation sites is 3. The molecule has 0 saturated carbocycles. The summed E-state index contributed by atoms with van der Waals surface area (Å²) in [6.07, 6.45) is 0. The third-order valence-electron chi connectivity index (χ3n) is 8.17. The van der Waals surface area contributed by atoms with E-state index >= 15 is 0 Å². The Labute approximate surface area is 237 Å². The van der Waals surface area contributed by atoms with Crippen LogP contribution in [0.2, 0.25) is 0 Å². The molecule has 0 radical (unpaired) electrons. The van der Waals surface area contributed by atoms with E-state index in [0.29, 0.717) is 10.5 Å². The zero-order chi connectivity index (χ0) is 27.1. The van der Waals surface area contributed by atoms with Crippen LogP contribution < -0.4 is 0 Å². The Morgan fingerprint density at radius 2 is 1.20 bits per heavy atom. The monoisotopic (exact) mass is 549 g/mol. The highest BCUT2D eigenvalue weighted by Gasteiger charge is 2.18. The molecule has 0 aliphatic rings. The van der Waals surface area contributed by atoms with E-state index in [1.54, 1.807) is 6.07 Å². The van der Waals surface area contributed by atoms with Gasteiger partial charge in [0.1, 0.15) is 16.7 Å². The summed E-state index contributed by atoms with van der Waals surface area (Å²) in [6, 6.07) is 41.3. The molecule has 5 heteroatoms. The minimum absolute atomic E-state index is 0.255. The van der Waals surface area contributed by atoms with Gasteiger partial charge in [-0.3, -0.25) is 0 Å². The van der Waals surface area contributed by atoms with Crippen molar-refractivity contribution >= 4 is 77.8 Å². The number of hydrogen-bond acceptors (Lipinski definition) is 3. The number of rotatable bonds is 3. The molecular weight excluding hydrogens is 529 g/mol. The fourth-order valence-corrected chi connectivity index (χ4v) is 6.78. The van der Waals surface area contributed by atoms with Crippen molar-refractivity contribution in [3.05, 3.63) is 121 Å². The molecule has 0 atom stereocenters. The summed E-state index contributed by atoms with van der Waals surface area (Å²) < 4.78 is 28.5. The third-order valence-corrected chi connectivity index (χ3v) is 8.68. The summed E-state index contributed by atoms with van der Waals surface area (Å²) in [5.41, 5.74) is 8.58. The van der Waals surface area contributed by atoms with Gasteiger partial charge in [-0.15, -0.1) is 0 Å². The molecule has 0 unspecified atom stereocenters. The second-order valence-electron chi connectivity index (χ2n) is 10.4. The van der Waals surface area contributed by atoms with E-state index in [0.717, 1.165) is 71.5 Å². The molecular formula is C36H20FNO2S. The number of halogens is 1. The molecule has 0 aliphatic heterocycles. The van der Waals surface area contributed by atoms with Gasteiger partial charge in [0.2, 0.25) is 0 Å². The van der Waals surface area contributed by atoms with Crippen LogP contribution in [0.4, 0.5) is 3.89 Å². The van der Waals surface area contributed by atoms with E-state index in [4.69, 9.17) is 8.83 Å². The number of furan rings is 2. The Balaban J connectivity index is 1.30. The molecule has 3 nitrogen and oxygen atoms in total. The fraction of sp³-hybridized carbons (Fsp3) is 0. The molecule has 0 aliphatic carbocycles. The second-order valence-corrected chi connectivity index (χ2v) is 11.0. The molecule has 41 heavy (non-hydrogen) atoms. The Morgan fingerprint density at radius 3 is 2.10 bits per heavy atom. The van der Waals surface area contributed by atoms with E-state index in [2.05, 4.69) is 83.4 Å². The maximum absolute atomic E-state index is 13.8. The quantitative estimate of drug-likeness (QED) is 0.220. The lowest BCUT2D eigenvalue weighted by molar-refractivity contribution is 0.666. The van der Waals surface area contributed by atoms with Crippen LogP contribution in [0.3, 0.4) is 0 Å². The fourth-order valence-electron chi connectivity index (χ4n) is 6.36. The normalized spacial score (nSPS) is 12.1. The van der Waals surface area contributed by atoms with Gasteiger partial charge in [-0.05, 0) is 65.7 Å². The van der Waals surface area contributed by atoms with E-state index in [-0.39, 0.29) is 12.1 Å². The Hall–Kier alpha value is -5.00. The average Bonchev–Trinajstić information content (AvgIpc) is 3.70. The number of benzene rings is 6. The highest BCUT2D eigenvalue weighted by atomic mass is 32.2. The van der Waals surface area contributed by atoms with Crippen molar-refractivity contribution in [1.29, 1.82) is 0 Å². The highest BCUT2D eigenvalue weighted by Crippen LogP contribution is 2.41. The Kier molecular flexibility index (Phi) is 4.72. The number of hydrogen-bond donors (Lipinski definition) is 0. The Morgan fingerprint density at radius 1 is 0.512 bits per heavy atom. The van der Waals surface area contributed by atoms with E-state index in [1.165, 1.54) is 5.39 Å². The first kappa shape index (κ1) is 22.8. The number of aromatic nitrogens is 1. The van der Waals surface area contributed by atoms with Crippen molar-refractivity contribution in [3.8, 4) is 16.8 Å². The second kappa shape index (κ2) is 8.50. The molecule has 9 aromatic rings. The zero-order valence-corrected chi connectivity index (χ0v) is 22.4. The maximum Gasteiger partial charge on any atom is 0.159 e. The lowest BCUT2D eigenvalue weighted by atomic mass is 10.0. The molecule has 0 spiro atoms. The first-order chi connectivity index (χ1) is 20.3. The lowest BCUT2D eigenvalue weighted by Gasteiger charge is -2.09. The van der Waals surface area contributed by atoms with Crippen molar-refractivity contribution in [2.75, 3.05) is 0 Å². The van der Waals surface area contributed by atoms with Gasteiger partial charge in [0.05, 0.1) is 33.8 Å². The van der Waals surface area contributed by atoms with Gasteiger partial charge in [-0.1, -0.05) is 66.7 Å². The molecule has 194 valence electrons. The smallest absolute Gasteiger partial charge is 0.159 e. The summed E-state index contributed by atoms with van der Waals surface area (Å²) in [5, 5.41) is 6.27. The zero-order valence-electron chi connectivity index (χ0n) is 21.6. The minimum Gasteiger partial charge on any atom is -0.456 e. The standard InChI is InChI=1S/C36H20FNO2S/c37-41-34-14-6-13-33-35(34)27-20-22(16-18-32(27)39-33)21-15-17-29-26(19-21)23-7-1-3-10-28(23)38(29)30-11-5-9-25-24-8-2-4-12-31(24)40-36(25)30/h1-20H. The largest absolute Gasteiger partial charge is 0.456 e. The van der Waals surface area contributed by atoms with Gasteiger partial charge in [0.15, 0.2) is 5.58 Å². The van der Waals surface area contributed by atoms with Crippen molar-refractivity contribution in [2.45, 2.75) is 4.90 Å². The van der Waals surface area contributed by atoms with Crippen LogP contribution in [-0.2, 0) is 0 Å². The summed E-state index contributed by atoms with van der Waals surface area (Å²) in [4.78, 5) is 0.566. The first-order valence-electron chi connectivity index (χ1n) is 13.5. The SMILES string of the molecule is FSc1cccc2oc3ccc(-c4ccc5c(c4)c4ccccc4n5-c4cccc5c4oc4ccccc45)cc3c12. The topological polar surface area (TPSA) is 31.2 Å². The highest BCUT2D eigenvalue weighted by molar-refractivity contribution is 7.94. The molecule has 3 aromatic heterocycles. The van der Waals surface area contributed by atoms with Crippen LogP contribution in [0.5, 0.6) is 0 Å². The summed E-state index contributed by atoms with van der Waals surface area (Å²) in [5.74, 6) is 0. The third kappa shape index (κ3) is 3.21. The summed E-state index contributed by atoms with van der Waals surface area (Å²) >= 11 is 0.255. The van der Waals surface area contributed by atoms with Crippen molar-refractivity contribution in [3.63, 3.8) is 0 Å². The van der Waals surface area contributed by atoms with Gasteiger partial charge in [0, 0.05) is 32.3 Å². The van der Waals surface area contributed by atoms with E-state index < -0.39 is 0 Å². The van der Waals surface area contributed by atoms with Gasteiger partial charge in [0.25, 0.3) is 0 Å². The van der Waals surface area contributed by atoms with Gasteiger partial charge in [-0.25, -0.2) is 0 Å². The van der Waals surface area contributed by atoms with Crippen molar-refractivity contribution in [2.24, 2.45) is 0 Å². The van der Waals surface area contributed by atoms with Crippen LogP contribution in [0.25, 0.3) is 82.5 Å². The van der Waals surface area contributed by atoms with Gasteiger partial charge < -0.3 is 13.4 Å². The predicted octanol–water partition coefficient (Wildman–Crippen LogP) is 11.2. The van der Waals surface area contributed by atoms with Gasteiger partial charge in [-0.2, -0.15) is 3.89 Å². The van der Waals surface area contributed by atoms with Crippen LogP contribution >= 0.6 is 12.1 Å². The van der Waals surface area contributed by atoms with E-state index in [1.807, 2.05) is 36.4 Å². The van der Waals surface area contributed by atoms with Gasteiger partial charge >= 0.3 is 0 Å². The molecule has 0 fully saturated rings. The van der Waals surface area contributed by atoms with Crippen molar-refractivity contribution in [1.82, 2.24) is 4.57 Å². The Bertz CT molecular complexity index is 2480. The van der Waals surface area contributed by atoms with Crippen molar-refractivity contribution < 1.29 is 12.7 Å². The molecule has 3 heterocycles. The molecule has 0 bridgehead atoms. The average molecular weight is 550 g/mol.